The fourth-order valence-corrected chi connectivity index (χ4v) is 3.95. The molecule has 0 bridgehead atoms. The summed E-state index contributed by atoms with van der Waals surface area (Å²) in [6.45, 7) is 4.62. The minimum absolute atomic E-state index is 0.0940. The summed E-state index contributed by atoms with van der Waals surface area (Å²) in [5, 5.41) is 12.9. The number of primary amides is 1. The monoisotopic (exact) mass is 498 g/mol. The van der Waals surface area contributed by atoms with Crippen molar-refractivity contribution in [3.05, 3.63) is 71.8 Å². The maximum Gasteiger partial charge on any atom is 0.318 e. The Labute approximate surface area is 202 Å². The molecule has 0 spiro atoms. The lowest BCUT2D eigenvalue weighted by Gasteiger charge is -2.12. The van der Waals surface area contributed by atoms with E-state index < -0.39 is 34.4 Å². The summed E-state index contributed by atoms with van der Waals surface area (Å²) in [6, 6.07) is 8.03. The number of benzene rings is 1. The number of nitrogens with one attached hydrogen (secondary N) is 1. The van der Waals surface area contributed by atoms with Gasteiger partial charge < -0.3 is 10.2 Å². The van der Waals surface area contributed by atoms with Crippen LogP contribution in [0.4, 0.5) is 10.5 Å². The molecule has 3 N–H and O–H groups in total. The Morgan fingerprint density at radius 2 is 1.94 bits per heavy atom. The van der Waals surface area contributed by atoms with Crippen molar-refractivity contribution in [3.63, 3.8) is 0 Å². The number of hydrogen-bond acceptors (Lipinski definition) is 8. The van der Waals surface area contributed by atoms with Gasteiger partial charge in [0.15, 0.2) is 5.78 Å². The Bertz CT molecular complexity index is 1510. The molecule has 0 fully saturated rings. The number of imide groups is 1. The Morgan fingerprint density at radius 3 is 2.57 bits per heavy atom. The van der Waals surface area contributed by atoms with Crippen molar-refractivity contribution >= 4 is 46.9 Å². The van der Waals surface area contributed by atoms with E-state index in [0.29, 0.717) is 11.3 Å². The van der Waals surface area contributed by atoms with E-state index in [4.69, 9.17) is 10.2 Å². The average molecular weight is 499 g/mol. The van der Waals surface area contributed by atoms with Crippen molar-refractivity contribution in [1.82, 2.24) is 9.88 Å². The number of ketones is 1. The van der Waals surface area contributed by atoms with E-state index in [2.05, 4.69) is 0 Å². The molecule has 11 nitrogen and oxygen atoms in total. The number of nitrogens with two attached hydrogens (primary N) is 1. The molecule has 12 heteroatoms. The number of non-ortho nitro benzene ring substituents is 1. The van der Waals surface area contributed by atoms with E-state index in [1.807, 2.05) is 5.32 Å². The van der Waals surface area contributed by atoms with Crippen LogP contribution in [-0.2, 0) is 16.1 Å². The van der Waals surface area contributed by atoms with Gasteiger partial charge in [-0.2, -0.15) is 0 Å². The number of carbonyl (C=O) groups is 3. The van der Waals surface area contributed by atoms with Gasteiger partial charge in [0.2, 0.25) is 5.91 Å². The second-order valence-electron chi connectivity index (χ2n) is 8.52. The average Bonchev–Trinajstić information content (AvgIpc) is 3.33. The van der Waals surface area contributed by atoms with Gasteiger partial charge >= 0.3 is 6.03 Å². The first-order valence-corrected chi connectivity index (χ1v) is 11.1. The van der Waals surface area contributed by atoms with Crippen LogP contribution in [0.2, 0.25) is 0 Å². The quantitative estimate of drug-likeness (QED) is 0.383. The van der Waals surface area contributed by atoms with Crippen LogP contribution in [0, 0.1) is 15.5 Å². The van der Waals surface area contributed by atoms with E-state index in [9.17, 15) is 29.3 Å². The van der Waals surface area contributed by atoms with Gasteiger partial charge in [-0.25, -0.2) is 4.79 Å². The van der Waals surface area contributed by atoms with Gasteiger partial charge in [0.25, 0.3) is 11.2 Å². The number of aromatic nitrogens is 1. The predicted molar refractivity (Wildman–Crippen MR) is 129 cm³/mol. The van der Waals surface area contributed by atoms with Gasteiger partial charge in [-0.1, -0.05) is 32.9 Å². The molecule has 0 unspecified atom stereocenters. The zero-order valence-corrected chi connectivity index (χ0v) is 19.9. The first-order valence-electron chi connectivity index (χ1n) is 10.3. The molecule has 3 amide bonds. The third-order valence-corrected chi connectivity index (χ3v) is 5.80. The third kappa shape index (κ3) is 6.18. The van der Waals surface area contributed by atoms with Crippen molar-refractivity contribution < 1.29 is 23.7 Å². The van der Waals surface area contributed by atoms with Crippen molar-refractivity contribution in [3.8, 4) is 11.3 Å². The van der Waals surface area contributed by atoms with Crippen molar-refractivity contribution in [2.75, 3.05) is 0 Å². The van der Waals surface area contributed by atoms with Gasteiger partial charge in [-0.3, -0.25) is 34.4 Å². The highest BCUT2D eigenvalue weighted by Crippen LogP contribution is 2.26. The van der Waals surface area contributed by atoms with Gasteiger partial charge in [-0.05, 0) is 12.1 Å². The summed E-state index contributed by atoms with van der Waals surface area (Å²) < 4.78 is 7.20. The number of carbonyl (C=O) groups excluding carboxylic acids is 3. The largest absolute Gasteiger partial charge is 0.457 e. The highest BCUT2D eigenvalue weighted by molar-refractivity contribution is 7.07. The molecule has 0 saturated carbocycles. The minimum Gasteiger partial charge on any atom is -0.457 e. The van der Waals surface area contributed by atoms with E-state index in [1.165, 1.54) is 30.4 Å². The maximum absolute atomic E-state index is 13.0. The SMILES string of the molecule is CC(C)(C)C(=O)/C=c1/s/c(=C\c2ccc(-c3cccc([N+](=O)[O-])c3)o2)c(=O)n1CC(=O)NC(N)=O. The van der Waals surface area contributed by atoms with E-state index in [-0.39, 0.29) is 26.4 Å². The fourth-order valence-electron chi connectivity index (χ4n) is 2.93. The summed E-state index contributed by atoms with van der Waals surface area (Å²) >= 11 is 0.971. The third-order valence-electron chi connectivity index (χ3n) is 4.74. The van der Waals surface area contributed by atoms with Gasteiger partial charge in [-0.15, -0.1) is 11.3 Å². The van der Waals surface area contributed by atoms with E-state index >= 15 is 0 Å². The zero-order chi connectivity index (χ0) is 25.9. The number of nitrogens with zero attached hydrogens (tertiary/aromatic N) is 2. The lowest BCUT2D eigenvalue weighted by atomic mass is 9.91. The summed E-state index contributed by atoms with van der Waals surface area (Å²) in [4.78, 5) is 59.2. The van der Waals surface area contributed by atoms with Crippen LogP contribution in [-0.4, -0.2) is 27.2 Å². The van der Waals surface area contributed by atoms with Gasteiger partial charge in [0, 0.05) is 35.3 Å². The number of rotatable bonds is 6. The molecule has 1 aromatic carbocycles. The van der Waals surface area contributed by atoms with Crippen molar-refractivity contribution in [2.45, 2.75) is 27.3 Å². The van der Waals surface area contributed by atoms with Crippen LogP contribution in [0.5, 0.6) is 0 Å². The van der Waals surface area contributed by atoms with Crippen LogP contribution in [0.3, 0.4) is 0 Å². The molecule has 0 aliphatic carbocycles. The molecule has 2 aromatic heterocycles. The lowest BCUT2D eigenvalue weighted by molar-refractivity contribution is -0.384. The molecule has 182 valence electrons. The number of Topliss-reactive ketones (excluding diaryl/α,β-unsaturated/α-hetero) is 1. The van der Waals surface area contributed by atoms with Crippen LogP contribution in [0.25, 0.3) is 23.5 Å². The smallest absolute Gasteiger partial charge is 0.318 e. The number of amides is 3. The number of furan rings is 1. The van der Waals surface area contributed by atoms with Crippen LogP contribution >= 0.6 is 11.3 Å². The van der Waals surface area contributed by atoms with Crippen molar-refractivity contribution in [1.29, 1.82) is 0 Å². The number of nitro benzene ring substituents is 1. The molecule has 3 aromatic rings. The molecule has 2 heterocycles. The number of hydrogen-bond donors (Lipinski definition) is 2. The maximum atomic E-state index is 13.0. The Kier molecular flexibility index (Phi) is 7.15. The van der Waals surface area contributed by atoms with E-state index in [1.54, 1.807) is 39.0 Å². The second kappa shape index (κ2) is 9.89. The topological polar surface area (TPSA) is 168 Å². The van der Waals surface area contributed by atoms with Gasteiger partial charge in [0.05, 0.1) is 9.46 Å². The summed E-state index contributed by atoms with van der Waals surface area (Å²) in [5.41, 5.74) is 4.06. The van der Waals surface area contributed by atoms with Crippen LogP contribution in [0.1, 0.15) is 26.5 Å². The second-order valence-corrected chi connectivity index (χ2v) is 9.58. The zero-order valence-electron chi connectivity index (χ0n) is 19.1. The molecule has 0 radical (unpaired) electrons. The van der Waals surface area contributed by atoms with Crippen LogP contribution < -0.4 is 25.8 Å². The number of urea groups is 1. The van der Waals surface area contributed by atoms with Crippen molar-refractivity contribution in [2.24, 2.45) is 11.1 Å². The first-order chi connectivity index (χ1) is 16.3. The normalized spacial score (nSPS) is 12.5. The Hall–Kier alpha value is -4.32. The molecule has 3 rings (SSSR count). The molecule has 35 heavy (non-hydrogen) atoms. The summed E-state index contributed by atoms with van der Waals surface area (Å²) in [6.07, 6.45) is 2.72. The van der Waals surface area contributed by atoms with Crippen LogP contribution in [0.15, 0.2) is 45.6 Å². The Morgan fingerprint density at radius 1 is 1.23 bits per heavy atom. The fraction of sp³-hybridized carbons (Fsp3) is 0.217. The lowest BCUT2D eigenvalue weighted by Crippen LogP contribution is -2.42. The number of thiazole rings is 1. The number of nitro groups is 1. The first kappa shape index (κ1) is 25.3. The molecule has 0 aliphatic rings. The minimum atomic E-state index is -1.06. The molecule has 0 atom stereocenters. The predicted octanol–water partition coefficient (Wildman–Crippen LogP) is 1.50. The Balaban J connectivity index is 2.08. The standard InChI is InChI=1S/C23H22N4O7S/c1-23(2,3)18(28)11-20-26(12-19(29)25-22(24)31)21(30)17(35-20)10-15-7-8-16(34-15)13-5-4-6-14(9-13)27(32)33/h4-11H,12H2,1-3H3,(H3,24,25,29,31)/b17-10-,20-11+. The summed E-state index contributed by atoms with van der Waals surface area (Å²) in [5.74, 6) is -0.437. The molecule has 0 aliphatic heterocycles. The highest BCUT2D eigenvalue weighted by atomic mass is 32.1. The molecule has 0 saturated heterocycles. The summed E-state index contributed by atoms with van der Waals surface area (Å²) in [7, 11) is 0. The van der Waals surface area contributed by atoms with E-state index in [0.717, 1.165) is 15.9 Å². The molecular formula is C23H22N4O7S. The molecular weight excluding hydrogens is 476 g/mol. The van der Waals surface area contributed by atoms with Gasteiger partial charge in [0.1, 0.15) is 22.7 Å². The highest BCUT2D eigenvalue weighted by Gasteiger charge is 2.20.